The molecule has 0 fully saturated rings. The third-order valence-electron chi connectivity index (χ3n) is 4.71. The number of aromatic nitrogens is 2. The Balaban J connectivity index is 1.55. The molecular weight excluding hydrogens is 397 g/mol. The van der Waals surface area contributed by atoms with Crippen molar-refractivity contribution in [2.45, 2.75) is 51.5 Å². The predicted octanol–water partition coefficient (Wildman–Crippen LogP) is 4.77. The number of benzene rings is 2. The highest BCUT2D eigenvalue weighted by molar-refractivity contribution is 5.76. The lowest BCUT2D eigenvalue weighted by Crippen LogP contribution is -2.32. The summed E-state index contributed by atoms with van der Waals surface area (Å²) >= 11 is 0. The second-order valence-electron chi connectivity index (χ2n) is 8.39. The Labute approximate surface area is 181 Å². The first-order chi connectivity index (χ1) is 14.8. The van der Waals surface area contributed by atoms with Gasteiger partial charge in [0.2, 0.25) is 11.8 Å². The molecule has 0 saturated carbocycles. The van der Waals surface area contributed by atoms with Gasteiger partial charge in [0, 0.05) is 18.3 Å². The van der Waals surface area contributed by atoms with Gasteiger partial charge in [-0.15, -0.1) is 0 Å². The Morgan fingerprint density at radius 2 is 1.84 bits per heavy atom. The van der Waals surface area contributed by atoms with Crippen LogP contribution in [-0.4, -0.2) is 22.7 Å². The maximum Gasteiger partial charge on any atom is 0.226 e. The van der Waals surface area contributed by atoms with Crippen LogP contribution in [0.5, 0.6) is 5.75 Å². The summed E-state index contributed by atoms with van der Waals surface area (Å²) in [4.78, 5) is 16.9. The molecule has 1 amide bonds. The lowest BCUT2D eigenvalue weighted by atomic mass is 9.96. The van der Waals surface area contributed by atoms with Crippen LogP contribution in [0.3, 0.4) is 0 Å². The van der Waals surface area contributed by atoms with Gasteiger partial charge in [-0.05, 0) is 24.1 Å². The topological polar surface area (TPSA) is 77.2 Å². The summed E-state index contributed by atoms with van der Waals surface area (Å²) in [6, 6.07) is 15.3. The quantitative estimate of drug-likeness (QED) is 0.535. The minimum Gasteiger partial charge on any atom is -0.488 e. The number of aryl methyl sites for hydroxylation is 1. The summed E-state index contributed by atoms with van der Waals surface area (Å²) < 4.78 is 24.8. The van der Waals surface area contributed by atoms with Crippen LogP contribution in [0.4, 0.5) is 4.39 Å². The number of ether oxygens (including phenoxy) is 1. The number of hydrogen-bond donors (Lipinski definition) is 1. The van der Waals surface area contributed by atoms with E-state index >= 15 is 0 Å². The molecule has 0 saturated heterocycles. The van der Waals surface area contributed by atoms with Gasteiger partial charge in [0.25, 0.3) is 0 Å². The first-order valence-electron chi connectivity index (χ1n) is 10.4. The van der Waals surface area contributed by atoms with E-state index in [4.69, 9.17) is 9.26 Å². The summed E-state index contributed by atoms with van der Waals surface area (Å²) in [5.41, 5.74) is 0.708. The number of halogens is 1. The molecular formula is C24H28FN3O3. The number of nitrogens with one attached hydrogen (secondary N) is 1. The monoisotopic (exact) mass is 425 g/mol. The Morgan fingerprint density at radius 1 is 1.13 bits per heavy atom. The summed E-state index contributed by atoms with van der Waals surface area (Å²) in [6.07, 6.45) is 1.40. The Hall–Kier alpha value is -3.22. The van der Waals surface area contributed by atoms with E-state index in [2.05, 4.69) is 15.5 Å². The summed E-state index contributed by atoms with van der Waals surface area (Å²) in [6.45, 7) is 6.17. The highest BCUT2D eigenvalue weighted by Crippen LogP contribution is 2.20. The lowest BCUT2D eigenvalue weighted by Gasteiger charge is -2.20. The zero-order valence-corrected chi connectivity index (χ0v) is 18.1. The molecule has 164 valence electrons. The lowest BCUT2D eigenvalue weighted by molar-refractivity contribution is -0.122. The largest absolute Gasteiger partial charge is 0.488 e. The molecule has 31 heavy (non-hydrogen) atoms. The number of para-hydroxylation sites is 1. The van der Waals surface area contributed by atoms with E-state index in [1.165, 1.54) is 6.07 Å². The summed E-state index contributed by atoms with van der Waals surface area (Å²) in [7, 11) is 0. The number of rotatable bonds is 9. The number of hydrogen-bond acceptors (Lipinski definition) is 5. The third-order valence-corrected chi connectivity index (χ3v) is 4.71. The van der Waals surface area contributed by atoms with Crippen LogP contribution in [0, 0.1) is 5.82 Å². The van der Waals surface area contributed by atoms with Crippen molar-refractivity contribution in [2.24, 2.45) is 0 Å². The van der Waals surface area contributed by atoms with Crippen LogP contribution in [0.2, 0.25) is 0 Å². The molecule has 1 aromatic heterocycles. The molecule has 7 heteroatoms. The number of amides is 1. The van der Waals surface area contributed by atoms with Crippen LogP contribution in [0.25, 0.3) is 0 Å². The van der Waals surface area contributed by atoms with Crippen molar-refractivity contribution in [3.63, 3.8) is 0 Å². The molecule has 0 radical (unpaired) electrons. The fourth-order valence-electron chi connectivity index (χ4n) is 2.97. The van der Waals surface area contributed by atoms with Crippen LogP contribution in [-0.2, 0) is 16.6 Å². The van der Waals surface area contributed by atoms with Gasteiger partial charge >= 0.3 is 0 Å². The van der Waals surface area contributed by atoms with Gasteiger partial charge in [0.15, 0.2) is 17.4 Å². The molecule has 2 aromatic carbocycles. The van der Waals surface area contributed by atoms with Gasteiger partial charge in [0.05, 0.1) is 6.04 Å². The molecule has 0 aliphatic rings. The predicted molar refractivity (Wildman–Crippen MR) is 115 cm³/mol. The summed E-state index contributed by atoms with van der Waals surface area (Å²) in [5.74, 6) is 0.779. The highest BCUT2D eigenvalue weighted by atomic mass is 19.1. The van der Waals surface area contributed by atoms with E-state index in [1.807, 2.05) is 51.1 Å². The third kappa shape index (κ3) is 6.64. The van der Waals surface area contributed by atoms with Crippen molar-refractivity contribution in [3.8, 4) is 5.75 Å². The molecule has 1 unspecified atom stereocenters. The minimum atomic E-state index is -0.435. The van der Waals surface area contributed by atoms with E-state index in [1.54, 1.807) is 18.2 Å². The second-order valence-corrected chi connectivity index (χ2v) is 8.39. The molecule has 6 nitrogen and oxygen atoms in total. The first-order valence-corrected chi connectivity index (χ1v) is 10.4. The van der Waals surface area contributed by atoms with Gasteiger partial charge in [-0.25, -0.2) is 4.39 Å². The normalized spacial score (nSPS) is 12.4. The Bertz CT molecular complexity index is 983. The van der Waals surface area contributed by atoms with Gasteiger partial charge < -0.3 is 14.6 Å². The fraction of sp³-hybridized carbons (Fsp3) is 0.375. The average molecular weight is 426 g/mol. The zero-order valence-electron chi connectivity index (χ0n) is 18.1. The van der Waals surface area contributed by atoms with E-state index in [0.717, 1.165) is 5.56 Å². The van der Waals surface area contributed by atoms with Crippen molar-refractivity contribution in [1.82, 2.24) is 15.5 Å². The molecule has 3 aromatic rings. The van der Waals surface area contributed by atoms with Gasteiger partial charge in [-0.2, -0.15) is 4.98 Å². The van der Waals surface area contributed by atoms with Crippen LogP contribution in [0.15, 0.2) is 59.1 Å². The average Bonchev–Trinajstić information content (AvgIpc) is 3.22. The van der Waals surface area contributed by atoms with Gasteiger partial charge in [-0.1, -0.05) is 68.4 Å². The smallest absolute Gasteiger partial charge is 0.226 e. The number of carbonyl (C=O) groups excluding carboxylic acids is 1. The second kappa shape index (κ2) is 10.2. The van der Waals surface area contributed by atoms with Crippen molar-refractivity contribution in [1.29, 1.82) is 0 Å². The zero-order chi connectivity index (χ0) is 22.3. The first kappa shape index (κ1) is 22.5. The highest BCUT2D eigenvalue weighted by Gasteiger charge is 2.21. The van der Waals surface area contributed by atoms with E-state index in [9.17, 15) is 9.18 Å². The maximum atomic E-state index is 13.9. The van der Waals surface area contributed by atoms with Gasteiger partial charge in [-0.3, -0.25) is 4.79 Å². The van der Waals surface area contributed by atoms with Crippen LogP contribution < -0.4 is 10.1 Å². The van der Waals surface area contributed by atoms with Gasteiger partial charge in [0.1, 0.15) is 6.61 Å². The molecule has 1 heterocycles. The number of carbonyl (C=O) groups is 1. The SMILES string of the molecule is CC(C)(C)c1noc(CCCC(=O)NC(COc2ccccc2F)c2ccccc2)n1. The Kier molecular flexibility index (Phi) is 7.39. The van der Waals surface area contributed by atoms with E-state index in [0.29, 0.717) is 31.0 Å². The van der Waals surface area contributed by atoms with Crippen molar-refractivity contribution in [3.05, 3.63) is 77.7 Å². The minimum absolute atomic E-state index is 0.120. The van der Waals surface area contributed by atoms with E-state index in [-0.39, 0.29) is 23.7 Å². The Morgan fingerprint density at radius 3 is 2.52 bits per heavy atom. The van der Waals surface area contributed by atoms with Crippen molar-refractivity contribution < 1.29 is 18.4 Å². The molecule has 1 N–H and O–H groups in total. The molecule has 0 spiro atoms. The molecule has 0 aliphatic carbocycles. The maximum absolute atomic E-state index is 13.9. The molecule has 0 aliphatic heterocycles. The summed E-state index contributed by atoms with van der Waals surface area (Å²) in [5, 5.41) is 6.99. The number of nitrogens with zero attached hydrogens (tertiary/aromatic N) is 2. The molecule has 3 rings (SSSR count). The van der Waals surface area contributed by atoms with Crippen molar-refractivity contribution >= 4 is 5.91 Å². The fourth-order valence-corrected chi connectivity index (χ4v) is 2.97. The van der Waals surface area contributed by atoms with Crippen LogP contribution >= 0.6 is 0 Å². The standard InChI is InChI=1S/C24H28FN3O3/c1-24(2,3)23-27-22(31-28-23)15-9-14-21(29)26-19(17-10-5-4-6-11-17)16-30-20-13-8-7-12-18(20)25/h4-8,10-13,19H,9,14-16H2,1-3H3,(H,26,29). The molecule has 1 atom stereocenters. The van der Waals surface area contributed by atoms with Crippen molar-refractivity contribution in [2.75, 3.05) is 6.61 Å². The van der Waals surface area contributed by atoms with E-state index < -0.39 is 11.9 Å². The molecule has 0 bridgehead atoms. The van der Waals surface area contributed by atoms with Crippen LogP contribution in [0.1, 0.15) is 56.9 Å².